The van der Waals surface area contributed by atoms with E-state index < -0.39 is 0 Å². The van der Waals surface area contributed by atoms with E-state index in [1.165, 1.54) is 0 Å². The summed E-state index contributed by atoms with van der Waals surface area (Å²) in [4.78, 5) is 23.5. The van der Waals surface area contributed by atoms with Crippen LogP contribution in [-0.4, -0.2) is 45.4 Å². The van der Waals surface area contributed by atoms with E-state index in [-0.39, 0.29) is 11.9 Å². The summed E-state index contributed by atoms with van der Waals surface area (Å²) in [6.07, 6.45) is 4.40. The average Bonchev–Trinajstić information content (AvgIpc) is 2.95. The van der Waals surface area contributed by atoms with Gasteiger partial charge in [-0.15, -0.1) is 0 Å². The number of aryl methyl sites for hydroxylation is 2. The third kappa shape index (κ3) is 3.00. The number of carbonyl (C=O) groups is 1. The number of aromatic nitrogens is 4. The first-order valence-corrected chi connectivity index (χ1v) is 8.24. The molecule has 0 radical (unpaired) electrons. The van der Waals surface area contributed by atoms with Crippen LogP contribution in [0.15, 0.2) is 6.20 Å². The Hall–Kier alpha value is -2.18. The molecule has 2 aromatic rings. The molecule has 0 N–H and O–H groups in total. The highest BCUT2D eigenvalue weighted by Crippen LogP contribution is 2.28. The lowest BCUT2D eigenvalue weighted by molar-refractivity contribution is -0.148. The number of carbonyl (C=O) groups excluding carboxylic acids is 1. The minimum atomic E-state index is -0.107. The van der Waals surface area contributed by atoms with E-state index in [0.29, 0.717) is 13.2 Å². The minimum absolute atomic E-state index is 0.0875. The van der Waals surface area contributed by atoms with Crippen LogP contribution in [0.1, 0.15) is 32.5 Å². The second kappa shape index (κ2) is 6.52. The molecule has 124 valence electrons. The van der Waals surface area contributed by atoms with E-state index in [2.05, 4.69) is 15.0 Å². The number of anilines is 1. The molecule has 0 aromatic carbocycles. The van der Waals surface area contributed by atoms with Gasteiger partial charge in [-0.2, -0.15) is 5.10 Å². The fourth-order valence-electron chi connectivity index (χ4n) is 3.07. The van der Waals surface area contributed by atoms with Crippen molar-refractivity contribution in [3.05, 3.63) is 12.0 Å². The zero-order valence-electron chi connectivity index (χ0n) is 13.9. The van der Waals surface area contributed by atoms with Crippen LogP contribution < -0.4 is 4.90 Å². The smallest absolute Gasteiger partial charge is 0.310 e. The molecule has 1 atom stereocenters. The SMILES string of the molecule is CCOC(=O)C1CCCN(c2nc(CC)nc3c2cnn3C)C1. The normalized spacial score (nSPS) is 18.4. The largest absolute Gasteiger partial charge is 0.466 e. The van der Waals surface area contributed by atoms with E-state index in [1.807, 2.05) is 20.9 Å². The zero-order chi connectivity index (χ0) is 16.4. The van der Waals surface area contributed by atoms with Crippen molar-refractivity contribution in [3.8, 4) is 0 Å². The molecule has 3 rings (SSSR count). The molecule has 0 saturated carbocycles. The highest BCUT2D eigenvalue weighted by molar-refractivity contribution is 5.87. The quantitative estimate of drug-likeness (QED) is 0.799. The van der Waals surface area contributed by atoms with Crippen LogP contribution in [0.3, 0.4) is 0 Å². The Labute approximate surface area is 135 Å². The van der Waals surface area contributed by atoms with Crippen molar-refractivity contribution in [2.45, 2.75) is 33.1 Å². The molecule has 23 heavy (non-hydrogen) atoms. The lowest BCUT2D eigenvalue weighted by Gasteiger charge is -2.32. The molecule has 1 unspecified atom stereocenters. The summed E-state index contributed by atoms with van der Waals surface area (Å²) in [5, 5.41) is 5.25. The Balaban J connectivity index is 1.94. The molecule has 0 aliphatic carbocycles. The molecule has 1 saturated heterocycles. The lowest BCUT2D eigenvalue weighted by atomic mass is 9.98. The number of hydrogen-bond donors (Lipinski definition) is 0. The number of fused-ring (bicyclic) bond motifs is 1. The summed E-state index contributed by atoms with van der Waals surface area (Å²) in [7, 11) is 1.89. The first-order chi connectivity index (χ1) is 11.1. The highest BCUT2D eigenvalue weighted by atomic mass is 16.5. The number of piperidine rings is 1. The molecule has 1 aliphatic heterocycles. The number of ether oxygens (including phenoxy) is 1. The van der Waals surface area contributed by atoms with Crippen LogP contribution in [0.4, 0.5) is 5.82 Å². The molecule has 1 fully saturated rings. The molecule has 0 bridgehead atoms. The van der Waals surface area contributed by atoms with Gasteiger partial charge in [0, 0.05) is 26.6 Å². The summed E-state index contributed by atoms with van der Waals surface area (Å²) >= 11 is 0. The van der Waals surface area contributed by atoms with Crippen molar-refractivity contribution in [1.82, 2.24) is 19.7 Å². The summed E-state index contributed by atoms with van der Waals surface area (Å²) in [6, 6.07) is 0. The van der Waals surface area contributed by atoms with Gasteiger partial charge in [0.25, 0.3) is 0 Å². The average molecular weight is 317 g/mol. The van der Waals surface area contributed by atoms with Crippen molar-refractivity contribution >= 4 is 22.8 Å². The van der Waals surface area contributed by atoms with E-state index in [0.717, 1.165) is 48.5 Å². The van der Waals surface area contributed by atoms with Gasteiger partial charge < -0.3 is 9.64 Å². The van der Waals surface area contributed by atoms with Gasteiger partial charge in [0.15, 0.2) is 5.65 Å². The van der Waals surface area contributed by atoms with Crippen LogP contribution in [0.25, 0.3) is 11.0 Å². The second-order valence-electron chi connectivity index (χ2n) is 5.86. The van der Waals surface area contributed by atoms with Crippen LogP contribution in [0.5, 0.6) is 0 Å². The zero-order valence-corrected chi connectivity index (χ0v) is 13.9. The molecular weight excluding hydrogens is 294 g/mol. The van der Waals surface area contributed by atoms with Gasteiger partial charge in [0.05, 0.1) is 24.1 Å². The van der Waals surface area contributed by atoms with Crippen molar-refractivity contribution < 1.29 is 9.53 Å². The Kier molecular flexibility index (Phi) is 4.45. The van der Waals surface area contributed by atoms with Crippen LogP contribution in [-0.2, 0) is 23.0 Å². The van der Waals surface area contributed by atoms with Crippen molar-refractivity contribution in [3.63, 3.8) is 0 Å². The van der Waals surface area contributed by atoms with Gasteiger partial charge in [0.2, 0.25) is 0 Å². The molecule has 2 aromatic heterocycles. The molecule has 7 nitrogen and oxygen atoms in total. The van der Waals surface area contributed by atoms with Crippen molar-refractivity contribution in [2.24, 2.45) is 13.0 Å². The van der Waals surface area contributed by atoms with Crippen LogP contribution in [0, 0.1) is 5.92 Å². The van der Waals surface area contributed by atoms with Gasteiger partial charge in [0.1, 0.15) is 11.6 Å². The van der Waals surface area contributed by atoms with Gasteiger partial charge in [-0.25, -0.2) is 9.97 Å². The summed E-state index contributed by atoms with van der Waals surface area (Å²) in [6.45, 7) is 5.84. The fraction of sp³-hybridized carbons (Fsp3) is 0.625. The van der Waals surface area contributed by atoms with Crippen molar-refractivity contribution in [2.75, 3.05) is 24.6 Å². The lowest BCUT2D eigenvalue weighted by Crippen LogP contribution is -2.40. The molecule has 0 amide bonds. The van der Waals surface area contributed by atoms with Gasteiger partial charge in [-0.05, 0) is 19.8 Å². The van der Waals surface area contributed by atoms with E-state index in [9.17, 15) is 4.79 Å². The van der Waals surface area contributed by atoms with Crippen molar-refractivity contribution in [1.29, 1.82) is 0 Å². The topological polar surface area (TPSA) is 73.1 Å². The third-order valence-corrected chi connectivity index (χ3v) is 4.28. The standard InChI is InChI=1S/C16H23N5O2/c1-4-13-18-14-12(9-17-20(14)3)15(19-13)21-8-6-7-11(10-21)16(22)23-5-2/h9,11H,4-8,10H2,1-3H3. The summed E-state index contributed by atoms with van der Waals surface area (Å²) in [5.74, 6) is 1.49. The number of hydrogen-bond acceptors (Lipinski definition) is 6. The Morgan fingerprint density at radius 2 is 2.22 bits per heavy atom. The van der Waals surface area contributed by atoms with Crippen LogP contribution in [0.2, 0.25) is 0 Å². The van der Waals surface area contributed by atoms with E-state index in [4.69, 9.17) is 9.72 Å². The Morgan fingerprint density at radius 3 is 2.96 bits per heavy atom. The summed E-state index contributed by atoms with van der Waals surface area (Å²) in [5.41, 5.74) is 0.838. The Bertz CT molecular complexity index is 712. The number of esters is 1. The first kappa shape index (κ1) is 15.7. The molecular formula is C16H23N5O2. The predicted octanol–water partition coefficient (Wildman–Crippen LogP) is 1.71. The minimum Gasteiger partial charge on any atom is -0.466 e. The maximum absolute atomic E-state index is 12.1. The monoisotopic (exact) mass is 317 g/mol. The second-order valence-corrected chi connectivity index (χ2v) is 5.86. The maximum atomic E-state index is 12.1. The molecule has 1 aliphatic rings. The van der Waals surface area contributed by atoms with Gasteiger partial charge >= 0.3 is 5.97 Å². The molecule has 0 spiro atoms. The molecule has 7 heteroatoms. The van der Waals surface area contributed by atoms with E-state index >= 15 is 0 Å². The Morgan fingerprint density at radius 1 is 1.39 bits per heavy atom. The van der Waals surface area contributed by atoms with E-state index in [1.54, 1.807) is 10.9 Å². The predicted molar refractivity (Wildman–Crippen MR) is 87.3 cm³/mol. The molecule has 3 heterocycles. The third-order valence-electron chi connectivity index (χ3n) is 4.28. The highest BCUT2D eigenvalue weighted by Gasteiger charge is 2.29. The maximum Gasteiger partial charge on any atom is 0.310 e. The van der Waals surface area contributed by atoms with Gasteiger partial charge in [-0.1, -0.05) is 6.92 Å². The number of nitrogens with zero attached hydrogens (tertiary/aromatic N) is 5. The number of rotatable bonds is 4. The fourth-order valence-corrected chi connectivity index (χ4v) is 3.07. The van der Waals surface area contributed by atoms with Gasteiger partial charge in [-0.3, -0.25) is 9.48 Å². The first-order valence-electron chi connectivity index (χ1n) is 8.24. The summed E-state index contributed by atoms with van der Waals surface area (Å²) < 4.78 is 6.96. The van der Waals surface area contributed by atoms with Crippen LogP contribution >= 0.6 is 0 Å².